The summed E-state index contributed by atoms with van der Waals surface area (Å²) < 4.78 is 23.9. The van der Waals surface area contributed by atoms with Gasteiger partial charge in [0.05, 0.1) is 18.4 Å². The summed E-state index contributed by atoms with van der Waals surface area (Å²) >= 11 is 0. The quantitative estimate of drug-likeness (QED) is 0.885. The predicted octanol–water partition coefficient (Wildman–Crippen LogP) is 1.70. The van der Waals surface area contributed by atoms with Crippen molar-refractivity contribution in [3.8, 4) is 17.5 Å². The molecule has 0 aliphatic heterocycles. The van der Waals surface area contributed by atoms with E-state index in [1.165, 1.54) is 25.3 Å². The number of rotatable bonds is 4. The van der Waals surface area contributed by atoms with Gasteiger partial charge < -0.3 is 20.9 Å². The lowest BCUT2D eigenvalue weighted by molar-refractivity contribution is 0.0996. The van der Waals surface area contributed by atoms with E-state index in [1.54, 1.807) is 6.07 Å². The maximum Gasteiger partial charge on any atom is 0.251 e. The van der Waals surface area contributed by atoms with Crippen molar-refractivity contribution in [1.82, 2.24) is 4.98 Å². The molecule has 20 heavy (non-hydrogen) atoms. The number of nitrogen functional groups attached to an aromatic ring is 1. The normalized spacial score (nSPS) is 10.1. The first-order valence-corrected chi connectivity index (χ1v) is 5.59. The smallest absolute Gasteiger partial charge is 0.251 e. The lowest BCUT2D eigenvalue weighted by Crippen LogP contribution is -2.12. The fourth-order valence-electron chi connectivity index (χ4n) is 1.53. The molecule has 4 N–H and O–H groups in total. The van der Waals surface area contributed by atoms with E-state index in [0.717, 1.165) is 6.07 Å². The van der Waals surface area contributed by atoms with Gasteiger partial charge in [0.25, 0.3) is 5.91 Å². The molecule has 0 fully saturated rings. The van der Waals surface area contributed by atoms with Crippen LogP contribution in [0.1, 0.15) is 10.4 Å². The summed E-state index contributed by atoms with van der Waals surface area (Å²) in [5.74, 6) is -1.05. The van der Waals surface area contributed by atoms with Crippen LogP contribution in [0.15, 0.2) is 30.3 Å². The fraction of sp³-hybridized carbons (Fsp3) is 0.0769. The van der Waals surface area contributed by atoms with Gasteiger partial charge in [0.15, 0.2) is 0 Å². The largest absolute Gasteiger partial charge is 0.479 e. The molecule has 0 saturated carbocycles. The van der Waals surface area contributed by atoms with Crippen molar-refractivity contribution in [1.29, 1.82) is 0 Å². The Hall–Kier alpha value is -2.83. The van der Waals surface area contributed by atoms with E-state index >= 15 is 0 Å². The molecule has 1 amide bonds. The van der Waals surface area contributed by atoms with E-state index in [-0.39, 0.29) is 23.1 Å². The second-order valence-corrected chi connectivity index (χ2v) is 3.86. The van der Waals surface area contributed by atoms with Crippen LogP contribution in [0, 0.1) is 5.82 Å². The van der Waals surface area contributed by atoms with Crippen LogP contribution in [-0.2, 0) is 0 Å². The molecule has 0 saturated heterocycles. The number of aromatic nitrogens is 1. The van der Waals surface area contributed by atoms with Gasteiger partial charge in [0.2, 0.25) is 11.8 Å². The number of ether oxygens (including phenoxy) is 2. The Morgan fingerprint density at radius 2 is 2.05 bits per heavy atom. The third kappa shape index (κ3) is 2.77. The minimum Gasteiger partial charge on any atom is -0.479 e. The second-order valence-electron chi connectivity index (χ2n) is 3.86. The average Bonchev–Trinajstić information content (AvgIpc) is 2.40. The van der Waals surface area contributed by atoms with Gasteiger partial charge in [-0.1, -0.05) is 0 Å². The van der Waals surface area contributed by atoms with E-state index in [9.17, 15) is 9.18 Å². The van der Waals surface area contributed by atoms with Crippen molar-refractivity contribution in [2.24, 2.45) is 5.73 Å². The van der Waals surface area contributed by atoms with Crippen molar-refractivity contribution in [2.45, 2.75) is 0 Å². The molecule has 0 spiro atoms. The maximum absolute atomic E-state index is 13.6. The monoisotopic (exact) mass is 277 g/mol. The molecular formula is C13H12FN3O3. The van der Waals surface area contributed by atoms with E-state index in [1.807, 2.05) is 0 Å². The molecule has 2 rings (SSSR count). The topological polar surface area (TPSA) is 100 Å². The highest BCUT2D eigenvalue weighted by molar-refractivity contribution is 5.93. The number of anilines is 1. The van der Waals surface area contributed by atoms with Gasteiger partial charge in [-0.2, -0.15) is 4.98 Å². The first kappa shape index (κ1) is 13.6. The number of halogens is 1. The van der Waals surface area contributed by atoms with Crippen LogP contribution in [0.4, 0.5) is 10.1 Å². The molecule has 6 nitrogen and oxygen atoms in total. The lowest BCUT2D eigenvalue weighted by atomic mass is 10.2. The molecule has 0 unspecified atom stereocenters. The number of carbonyl (C=O) groups excluding carboxylic acids is 1. The molecule has 1 aromatic carbocycles. The van der Waals surface area contributed by atoms with Gasteiger partial charge in [0, 0.05) is 12.1 Å². The van der Waals surface area contributed by atoms with Gasteiger partial charge in [-0.3, -0.25) is 4.79 Å². The Morgan fingerprint density at radius 3 is 2.65 bits per heavy atom. The summed E-state index contributed by atoms with van der Waals surface area (Å²) in [4.78, 5) is 14.9. The molecule has 1 aromatic heterocycles. The van der Waals surface area contributed by atoms with Crippen molar-refractivity contribution >= 4 is 11.6 Å². The van der Waals surface area contributed by atoms with Crippen molar-refractivity contribution < 1.29 is 18.7 Å². The highest BCUT2D eigenvalue weighted by Gasteiger charge is 2.10. The van der Waals surface area contributed by atoms with Crippen LogP contribution in [0.2, 0.25) is 0 Å². The third-order valence-electron chi connectivity index (χ3n) is 2.49. The molecule has 0 atom stereocenters. The number of hydrogen-bond donors (Lipinski definition) is 2. The number of carbonyl (C=O) groups is 1. The summed E-state index contributed by atoms with van der Waals surface area (Å²) in [6.45, 7) is 0. The summed E-state index contributed by atoms with van der Waals surface area (Å²) in [6, 6.07) is 6.76. The predicted molar refractivity (Wildman–Crippen MR) is 70.2 cm³/mol. The first-order valence-electron chi connectivity index (χ1n) is 5.59. The highest BCUT2D eigenvalue weighted by atomic mass is 19.1. The first-order chi connectivity index (χ1) is 9.51. The van der Waals surface area contributed by atoms with Crippen LogP contribution >= 0.6 is 0 Å². The molecule has 1 heterocycles. The number of hydrogen-bond acceptors (Lipinski definition) is 5. The number of nitrogens with zero attached hydrogens (tertiary/aromatic N) is 1. The van der Waals surface area contributed by atoms with Crippen LogP contribution in [0.3, 0.4) is 0 Å². The zero-order chi connectivity index (χ0) is 14.7. The average molecular weight is 277 g/mol. The molecule has 104 valence electrons. The molecule has 7 heteroatoms. The molecule has 2 aromatic rings. The van der Waals surface area contributed by atoms with Crippen LogP contribution in [0.5, 0.6) is 17.5 Å². The van der Waals surface area contributed by atoms with E-state index < -0.39 is 11.7 Å². The number of amides is 1. The van der Waals surface area contributed by atoms with E-state index in [2.05, 4.69) is 4.98 Å². The number of primary amides is 1. The highest BCUT2D eigenvalue weighted by Crippen LogP contribution is 2.26. The molecule has 0 radical (unpaired) electrons. The third-order valence-corrected chi connectivity index (χ3v) is 2.49. The minimum absolute atomic E-state index is 0.173. The lowest BCUT2D eigenvalue weighted by Gasteiger charge is -2.08. The van der Waals surface area contributed by atoms with Crippen LogP contribution in [-0.4, -0.2) is 18.0 Å². The van der Waals surface area contributed by atoms with Gasteiger partial charge in [-0.15, -0.1) is 0 Å². The van der Waals surface area contributed by atoms with E-state index in [0.29, 0.717) is 5.69 Å². The molecule has 0 aliphatic rings. The van der Waals surface area contributed by atoms with E-state index in [4.69, 9.17) is 20.9 Å². The Balaban J connectivity index is 2.26. The van der Waals surface area contributed by atoms with Crippen LogP contribution < -0.4 is 20.9 Å². The Bertz CT molecular complexity index is 661. The Kier molecular flexibility index (Phi) is 3.69. The zero-order valence-electron chi connectivity index (χ0n) is 10.6. The van der Waals surface area contributed by atoms with Gasteiger partial charge >= 0.3 is 0 Å². The van der Waals surface area contributed by atoms with Gasteiger partial charge in [0.1, 0.15) is 11.6 Å². The molecule has 0 bridgehead atoms. The number of pyridine rings is 1. The molecule has 0 aliphatic carbocycles. The summed E-state index contributed by atoms with van der Waals surface area (Å²) in [5.41, 5.74) is 10.8. The van der Waals surface area contributed by atoms with Crippen LogP contribution in [0.25, 0.3) is 0 Å². The SMILES string of the molecule is COc1nc(Oc2ccc(C(N)=O)c(F)c2)ccc1N. The Labute approximate surface area is 114 Å². The zero-order valence-corrected chi connectivity index (χ0v) is 10.6. The standard InChI is InChI=1S/C13H12FN3O3/c1-19-13-10(15)4-5-11(17-13)20-7-2-3-8(12(16)18)9(14)6-7/h2-6H,15H2,1H3,(H2,16,18). The summed E-state index contributed by atoms with van der Waals surface area (Å²) in [5, 5.41) is 0. The van der Waals surface area contributed by atoms with Crippen molar-refractivity contribution in [2.75, 3.05) is 12.8 Å². The summed E-state index contributed by atoms with van der Waals surface area (Å²) in [6.07, 6.45) is 0. The number of nitrogens with two attached hydrogens (primary N) is 2. The minimum atomic E-state index is -0.846. The fourth-order valence-corrected chi connectivity index (χ4v) is 1.53. The number of benzene rings is 1. The molecular weight excluding hydrogens is 265 g/mol. The maximum atomic E-state index is 13.6. The second kappa shape index (κ2) is 5.43. The van der Waals surface area contributed by atoms with Crippen molar-refractivity contribution in [3.63, 3.8) is 0 Å². The summed E-state index contributed by atoms with van der Waals surface area (Å²) in [7, 11) is 1.42. The Morgan fingerprint density at radius 1 is 1.30 bits per heavy atom. The number of methoxy groups -OCH3 is 1. The van der Waals surface area contributed by atoms with Gasteiger partial charge in [-0.05, 0) is 18.2 Å². The van der Waals surface area contributed by atoms with Gasteiger partial charge in [-0.25, -0.2) is 4.39 Å². The van der Waals surface area contributed by atoms with Crippen molar-refractivity contribution in [3.05, 3.63) is 41.7 Å².